The molecule has 0 bridgehead atoms. The molecule has 0 saturated carbocycles. The Kier molecular flexibility index (Phi) is 11.8. The lowest BCUT2D eigenvalue weighted by molar-refractivity contribution is 0.0827. The third kappa shape index (κ3) is 8.58. The van der Waals surface area contributed by atoms with Crippen molar-refractivity contribution < 1.29 is 4.79 Å². The second kappa shape index (κ2) is 14.3. The SMILES string of the molecule is CCNC(=NCCc1cccc(C(=O)N(C)C)c1)NC1CCN(Cc2ccccc2C)CC1.I. The van der Waals surface area contributed by atoms with Crippen LogP contribution in [0.2, 0.25) is 0 Å². The number of halogens is 1. The number of aliphatic imine (C=N–C) groups is 1. The minimum absolute atomic E-state index is 0. The lowest BCUT2D eigenvalue weighted by Gasteiger charge is -2.33. The molecule has 2 aromatic carbocycles. The second-order valence-electron chi connectivity index (χ2n) is 9.03. The standard InChI is InChI=1S/C27H39N5O.HI/c1-5-28-27(29-16-13-22-10-8-12-23(19-22)26(33)31(3)4)30-25-14-17-32(18-15-25)20-24-11-7-6-9-21(24)2;/h6-12,19,25H,5,13-18,20H2,1-4H3,(H2,28,29,30);1H. The zero-order chi connectivity index (χ0) is 23.6. The van der Waals surface area contributed by atoms with Gasteiger partial charge in [-0.25, -0.2) is 0 Å². The van der Waals surface area contributed by atoms with Crippen LogP contribution in [0.5, 0.6) is 0 Å². The van der Waals surface area contributed by atoms with Gasteiger partial charge in [0, 0.05) is 58.4 Å². The maximum atomic E-state index is 12.2. The molecule has 0 unspecified atom stereocenters. The summed E-state index contributed by atoms with van der Waals surface area (Å²) in [5.41, 5.74) is 4.65. The fraction of sp³-hybridized carbons (Fsp3) is 0.481. The molecule has 1 aliphatic heterocycles. The number of nitrogens with one attached hydrogen (secondary N) is 2. The highest BCUT2D eigenvalue weighted by Crippen LogP contribution is 2.16. The number of likely N-dealkylation sites (tertiary alicyclic amines) is 1. The van der Waals surface area contributed by atoms with Crippen molar-refractivity contribution in [1.82, 2.24) is 20.4 Å². The van der Waals surface area contributed by atoms with Crippen LogP contribution < -0.4 is 10.6 Å². The number of carbonyl (C=O) groups excluding carboxylic acids is 1. The molecule has 0 atom stereocenters. The van der Waals surface area contributed by atoms with Crippen LogP contribution >= 0.6 is 24.0 Å². The fourth-order valence-electron chi connectivity index (χ4n) is 4.19. The Bertz CT molecular complexity index is 938. The molecule has 1 saturated heterocycles. The van der Waals surface area contributed by atoms with Crippen LogP contribution in [-0.4, -0.2) is 68.0 Å². The first kappa shape index (κ1) is 28.1. The van der Waals surface area contributed by atoms with Crippen LogP contribution in [0.15, 0.2) is 53.5 Å². The van der Waals surface area contributed by atoms with E-state index in [2.05, 4.69) is 59.7 Å². The predicted molar refractivity (Wildman–Crippen MR) is 152 cm³/mol. The summed E-state index contributed by atoms with van der Waals surface area (Å²) in [5, 5.41) is 7.02. The number of piperidine rings is 1. The number of benzene rings is 2. The molecule has 1 heterocycles. The van der Waals surface area contributed by atoms with E-state index in [1.807, 2.05) is 18.2 Å². The van der Waals surface area contributed by atoms with Crippen LogP contribution in [0.4, 0.5) is 0 Å². The Balaban J connectivity index is 0.00000408. The van der Waals surface area contributed by atoms with E-state index in [9.17, 15) is 4.79 Å². The van der Waals surface area contributed by atoms with Crippen LogP contribution in [0, 0.1) is 6.92 Å². The highest BCUT2D eigenvalue weighted by Gasteiger charge is 2.20. The molecule has 0 radical (unpaired) electrons. The summed E-state index contributed by atoms with van der Waals surface area (Å²) in [6.07, 6.45) is 3.04. The molecule has 1 fully saturated rings. The number of aryl methyl sites for hydroxylation is 1. The summed E-state index contributed by atoms with van der Waals surface area (Å²) < 4.78 is 0. The smallest absolute Gasteiger partial charge is 0.253 e. The van der Waals surface area contributed by atoms with Crippen molar-refractivity contribution >= 4 is 35.8 Å². The molecular formula is C27H40IN5O. The number of amides is 1. The lowest BCUT2D eigenvalue weighted by atomic mass is 10.0. The molecule has 34 heavy (non-hydrogen) atoms. The van der Waals surface area contributed by atoms with E-state index in [0.29, 0.717) is 12.6 Å². The van der Waals surface area contributed by atoms with Gasteiger partial charge in [-0.3, -0.25) is 14.7 Å². The quantitative estimate of drug-likeness (QED) is 0.282. The van der Waals surface area contributed by atoms with Gasteiger partial charge in [-0.2, -0.15) is 0 Å². The van der Waals surface area contributed by atoms with E-state index in [-0.39, 0.29) is 29.9 Å². The first-order chi connectivity index (χ1) is 16.0. The number of rotatable bonds is 8. The average molecular weight is 578 g/mol. The van der Waals surface area contributed by atoms with Crippen molar-refractivity contribution in [3.8, 4) is 0 Å². The predicted octanol–water partition coefficient (Wildman–Crippen LogP) is 4.08. The Morgan fingerprint density at radius 2 is 1.85 bits per heavy atom. The largest absolute Gasteiger partial charge is 0.357 e. The Labute approximate surface area is 222 Å². The molecule has 7 heteroatoms. The molecule has 2 aromatic rings. The third-order valence-corrected chi connectivity index (χ3v) is 6.18. The van der Waals surface area contributed by atoms with Crippen LogP contribution in [0.3, 0.4) is 0 Å². The first-order valence-corrected chi connectivity index (χ1v) is 12.1. The van der Waals surface area contributed by atoms with Crippen molar-refractivity contribution in [2.24, 2.45) is 4.99 Å². The van der Waals surface area contributed by atoms with Crippen molar-refractivity contribution in [2.75, 3.05) is 40.3 Å². The average Bonchev–Trinajstić information content (AvgIpc) is 2.81. The molecule has 6 nitrogen and oxygen atoms in total. The molecule has 186 valence electrons. The maximum absolute atomic E-state index is 12.2. The summed E-state index contributed by atoms with van der Waals surface area (Å²) in [6, 6.07) is 17.0. The van der Waals surface area contributed by atoms with Gasteiger partial charge in [-0.05, 0) is 61.9 Å². The minimum Gasteiger partial charge on any atom is -0.357 e. The number of hydrogen-bond donors (Lipinski definition) is 2. The van der Waals surface area contributed by atoms with E-state index in [1.165, 1.54) is 11.1 Å². The van der Waals surface area contributed by atoms with E-state index in [1.54, 1.807) is 19.0 Å². The van der Waals surface area contributed by atoms with Gasteiger partial charge < -0.3 is 15.5 Å². The summed E-state index contributed by atoms with van der Waals surface area (Å²) in [4.78, 5) is 21.2. The number of carbonyl (C=O) groups is 1. The number of nitrogens with zero attached hydrogens (tertiary/aromatic N) is 3. The summed E-state index contributed by atoms with van der Waals surface area (Å²) in [5.74, 6) is 0.916. The number of guanidine groups is 1. The lowest BCUT2D eigenvalue weighted by Crippen LogP contribution is -2.48. The Morgan fingerprint density at radius 3 is 2.53 bits per heavy atom. The molecule has 3 rings (SSSR count). The van der Waals surface area contributed by atoms with Crippen LogP contribution in [-0.2, 0) is 13.0 Å². The minimum atomic E-state index is 0. The van der Waals surface area contributed by atoms with Crippen molar-refractivity contribution in [1.29, 1.82) is 0 Å². The van der Waals surface area contributed by atoms with E-state index >= 15 is 0 Å². The van der Waals surface area contributed by atoms with Crippen molar-refractivity contribution in [2.45, 2.75) is 45.7 Å². The van der Waals surface area contributed by atoms with Gasteiger partial charge in [0.15, 0.2) is 5.96 Å². The molecule has 0 aromatic heterocycles. The third-order valence-electron chi connectivity index (χ3n) is 6.18. The molecule has 1 amide bonds. The molecule has 0 aliphatic carbocycles. The van der Waals surface area contributed by atoms with Gasteiger partial charge in [0.25, 0.3) is 5.91 Å². The molecule has 1 aliphatic rings. The normalized spacial score (nSPS) is 14.9. The Morgan fingerprint density at radius 1 is 1.12 bits per heavy atom. The molecule has 2 N–H and O–H groups in total. The topological polar surface area (TPSA) is 60.0 Å². The second-order valence-corrected chi connectivity index (χ2v) is 9.03. The highest BCUT2D eigenvalue weighted by molar-refractivity contribution is 14.0. The summed E-state index contributed by atoms with van der Waals surface area (Å²) >= 11 is 0. The van der Waals surface area contributed by atoms with Crippen LogP contribution in [0.25, 0.3) is 0 Å². The molecule has 0 spiro atoms. The zero-order valence-electron chi connectivity index (χ0n) is 21.0. The van der Waals surface area contributed by atoms with Gasteiger partial charge in [0.1, 0.15) is 0 Å². The zero-order valence-corrected chi connectivity index (χ0v) is 23.3. The van der Waals surface area contributed by atoms with Crippen molar-refractivity contribution in [3.63, 3.8) is 0 Å². The van der Waals surface area contributed by atoms with Gasteiger partial charge in [0.05, 0.1) is 0 Å². The van der Waals surface area contributed by atoms with E-state index in [0.717, 1.165) is 62.5 Å². The van der Waals surface area contributed by atoms with Gasteiger partial charge >= 0.3 is 0 Å². The Hall–Kier alpha value is -2.13. The summed E-state index contributed by atoms with van der Waals surface area (Å²) in [6.45, 7) is 9.03. The van der Waals surface area contributed by atoms with Gasteiger partial charge in [0.2, 0.25) is 0 Å². The highest BCUT2D eigenvalue weighted by atomic mass is 127. The van der Waals surface area contributed by atoms with Crippen LogP contribution in [0.1, 0.15) is 46.8 Å². The molecular weight excluding hydrogens is 537 g/mol. The van der Waals surface area contributed by atoms with Gasteiger partial charge in [-0.1, -0.05) is 36.4 Å². The monoisotopic (exact) mass is 577 g/mol. The first-order valence-electron chi connectivity index (χ1n) is 12.1. The maximum Gasteiger partial charge on any atom is 0.253 e. The summed E-state index contributed by atoms with van der Waals surface area (Å²) in [7, 11) is 3.56. The van der Waals surface area contributed by atoms with E-state index < -0.39 is 0 Å². The van der Waals surface area contributed by atoms with E-state index in [4.69, 9.17) is 4.99 Å². The van der Waals surface area contributed by atoms with Crippen molar-refractivity contribution in [3.05, 3.63) is 70.8 Å². The number of hydrogen-bond acceptors (Lipinski definition) is 3. The van der Waals surface area contributed by atoms with Gasteiger partial charge in [-0.15, -0.1) is 24.0 Å². The fourth-order valence-corrected chi connectivity index (χ4v) is 4.19.